The molecule has 0 aliphatic carbocycles. The van der Waals surface area contributed by atoms with Crippen LogP contribution in [0.2, 0.25) is 5.02 Å². The molecule has 4 rings (SSSR count). The number of hydrogen-bond donors (Lipinski definition) is 0. The van der Waals surface area contributed by atoms with E-state index >= 15 is 0 Å². The lowest BCUT2D eigenvalue weighted by Crippen LogP contribution is -2.26. The molecule has 4 aromatic rings. The number of thiophene rings is 1. The van der Waals surface area contributed by atoms with Gasteiger partial charge in [-0.25, -0.2) is 9.55 Å². The van der Waals surface area contributed by atoms with Gasteiger partial charge in [0.25, 0.3) is 5.56 Å². The van der Waals surface area contributed by atoms with Crippen molar-refractivity contribution in [2.75, 3.05) is 19.0 Å². The van der Waals surface area contributed by atoms with Crippen molar-refractivity contribution in [1.29, 1.82) is 0 Å². The summed E-state index contributed by atoms with van der Waals surface area (Å²) in [6.07, 6.45) is 0. The average molecular weight is 382 g/mol. The van der Waals surface area contributed by atoms with Crippen LogP contribution in [0.5, 0.6) is 0 Å². The largest absolute Gasteiger partial charge is 0.348 e. The van der Waals surface area contributed by atoms with E-state index in [1.165, 1.54) is 11.3 Å². The summed E-state index contributed by atoms with van der Waals surface area (Å²) in [5, 5.41) is 2.63. The molecule has 0 aliphatic heterocycles. The summed E-state index contributed by atoms with van der Waals surface area (Å²) in [5.74, 6) is 0.584. The van der Waals surface area contributed by atoms with E-state index in [1.54, 1.807) is 16.7 Å². The fourth-order valence-corrected chi connectivity index (χ4v) is 3.97. The van der Waals surface area contributed by atoms with E-state index in [1.807, 2.05) is 66.8 Å². The molecule has 0 amide bonds. The lowest BCUT2D eigenvalue weighted by molar-refractivity contribution is 0.899. The van der Waals surface area contributed by atoms with E-state index in [9.17, 15) is 4.79 Å². The average Bonchev–Trinajstić information content (AvgIpc) is 3.07. The highest BCUT2D eigenvalue weighted by atomic mass is 35.5. The maximum absolute atomic E-state index is 13.3. The van der Waals surface area contributed by atoms with Gasteiger partial charge < -0.3 is 4.90 Å². The van der Waals surface area contributed by atoms with E-state index in [0.717, 1.165) is 22.3 Å². The number of fused-ring (bicyclic) bond motifs is 1. The van der Waals surface area contributed by atoms with Crippen molar-refractivity contribution in [3.63, 3.8) is 0 Å². The van der Waals surface area contributed by atoms with Crippen molar-refractivity contribution in [1.82, 2.24) is 9.55 Å². The molecule has 0 radical (unpaired) electrons. The van der Waals surface area contributed by atoms with Crippen LogP contribution < -0.4 is 10.5 Å². The van der Waals surface area contributed by atoms with Crippen molar-refractivity contribution in [2.45, 2.75) is 0 Å². The number of anilines is 1. The molecule has 0 aliphatic rings. The number of benzene rings is 2. The smallest absolute Gasteiger partial charge is 0.277 e. The number of nitrogens with zero attached hydrogens (tertiary/aromatic N) is 3. The van der Waals surface area contributed by atoms with Crippen molar-refractivity contribution in [3.8, 4) is 16.8 Å². The van der Waals surface area contributed by atoms with Crippen LogP contribution >= 0.6 is 22.9 Å². The summed E-state index contributed by atoms with van der Waals surface area (Å²) in [5.41, 5.74) is 3.44. The van der Waals surface area contributed by atoms with Gasteiger partial charge in [-0.05, 0) is 29.8 Å². The number of aromatic nitrogens is 2. The van der Waals surface area contributed by atoms with Crippen LogP contribution in [0.15, 0.2) is 64.8 Å². The molecule has 0 fully saturated rings. The van der Waals surface area contributed by atoms with Crippen LogP contribution in [0.1, 0.15) is 0 Å². The first-order valence-corrected chi connectivity index (χ1v) is 9.35. The Hall–Kier alpha value is -2.63. The first-order valence-electron chi connectivity index (χ1n) is 8.09. The topological polar surface area (TPSA) is 38.1 Å². The maximum Gasteiger partial charge on any atom is 0.277 e. The zero-order valence-electron chi connectivity index (χ0n) is 14.3. The Morgan fingerprint density at radius 1 is 1.04 bits per heavy atom. The molecule has 0 saturated carbocycles. The lowest BCUT2D eigenvalue weighted by atomic mass is 10.1. The number of halogens is 1. The SMILES string of the molecule is CN(C)c1nc2c(-c3ccccc3)csc2c(=O)n1-c1ccc(Cl)cc1. The monoisotopic (exact) mass is 381 g/mol. The Balaban J connectivity index is 2.03. The van der Waals surface area contributed by atoms with Crippen LogP contribution in [0, 0.1) is 0 Å². The summed E-state index contributed by atoms with van der Waals surface area (Å²) in [7, 11) is 3.77. The predicted octanol–water partition coefficient (Wildman–Crippen LogP) is 4.83. The summed E-state index contributed by atoms with van der Waals surface area (Å²) >= 11 is 7.42. The first kappa shape index (κ1) is 16.8. The number of hydrogen-bond acceptors (Lipinski definition) is 4. The maximum atomic E-state index is 13.3. The third kappa shape index (κ3) is 2.79. The zero-order valence-corrected chi connectivity index (χ0v) is 15.9. The third-order valence-electron chi connectivity index (χ3n) is 4.14. The minimum absolute atomic E-state index is 0.0757. The third-order valence-corrected chi connectivity index (χ3v) is 5.35. The van der Waals surface area contributed by atoms with E-state index in [4.69, 9.17) is 16.6 Å². The van der Waals surface area contributed by atoms with Crippen LogP contribution in [0.25, 0.3) is 27.0 Å². The van der Waals surface area contributed by atoms with Gasteiger partial charge in [0.2, 0.25) is 5.95 Å². The quantitative estimate of drug-likeness (QED) is 0.510. The fraction of sp³-hybridized carbons (Fsp3) is 0.100. The second-order valence-corrected chi connectivity index (χ2v) is 7.43. The van der Waals surface area contributed by atoms with Crippen LogP contribution in [0.4, 0.5) is 5.95 Å². The molecule has 0 atom stereocenters. The van der Waals surface area contributed by atoms with Crippen LogP contribution in [-0.2, 0) is 0 Å². The van der Waals surface area contributed by atoms with Gasteiger partial charge in [-0.15, -0.1) is 11.3 Å². The van der Waals surface area contributed by atoms with Gasteiger partial charge in [0, 0.05) is 30.1 Å². The summed E-state index contributed by atoms with van der Waals surface area (Å²) in [6.45, 7) is 0. The molecule has 4 nitrogen and oxygen atoms in total. The molecule has 26 heavy (non-hydrogen) atoms. The predicted molar refractivity (Wildman–Crippen MR) is 110 cm³/mol. The fourth-order valence-electron chi connectivity index (χ4n) is 2.90. The van der Waals surface area contributed by atoms with Crippen LogP contribution in [0.3, 0.4) is 0 Å². The van der Waals surface area contributed by atoms with Crippen molar-refractivity contribution in [3.05, 3.63) is 75.4 Å². The van der Waals surface area contributed by atoms with E-state index < -0.39 is 0 Å². The first-order chi connectivity index (χ1) is 12.6. The Labute approximate surface area is 159 Å². The second kappa shape index (κ2) is 6.59. The van der Waals surface area contributed by atoms with Crippen molar-refractivity contribution in [2.24, 2.45) is 0 Å². The van der Waals surface area contributed by atoms with Gasteiger partial charge >= 0.3 is 0 Å². The summed E-state index contributed by atoms with van der Waals surface area (Å²) < 4.78 is 2.27. The molecule has 130 valence electrons. The molecule has 6 heteroatoms. The van der Waals surface area contributed by atoms with Gasteiger partial charge in [-0.1, -0.05) is 41.9 Å². The molecule has 0 bridgehead atoms. The molecule has 0 N–H and O–H groups in total. The molecule has 2 aromatic carbocycles. The molecular formula is C20H16ClN3OS. The zero-order chi connectivity index (χ0) is 18.3. The van der Waals surface area contributed by atoms with Crippen molar-refractivity contribution >= 4 is 39.1 Å². The Morgan fingerprint density at radius 3 is 2.38 bits per heavy atom. The van der Waals surface area contributed by atoms with Gasteiger partial charge in [0.05, 0.1) is 11.2 Å². The van der Waals surface area contributed by atoms with E-state index in [0.29, 0.717) is 15.7 Å². The Kier molecular flexibility index (Phi) is 4.26. The van der Waals surface area contributed by atoms with Gasteiger partial charge in [0.1, 0.15) is 4.70 Å². The molecule has 0 saturated heterocycles. The second-order valence-electron chi connectivity index (χ2n) is 6.12. The minimum Gasteiger partial charge on any atom is -0.348 e. The van der Waals surface area contributed by atoms with E-state index in [2.05, 4.69) is 0 Å². The molecule has 0 spiro atoms. The van der Waals surface area contributed by atoms with Crippen molar-refractivity contribution < 1.29 is 0 Å². The standard InChI is InChI=1S/C20H16ClN3OS/c1-23(2)20-22-17-16(13-6-4-3-5-7-13)12-26-18(17)19(25)24(20)15-10-8-14(21)9-11-15/h3-12H,1-2H3. The molecule has 2 aromatic heterocycles. The van der Waals surface area contributed by atoms with Gasteiger partial charge in [-0.3, -0.25) is 4.79 Å². The highest BCUT2D eigenvalue weighted by Gasteiger charge is 2.18. The number of rotatable bonds is 3. The van der Waals surface area contributed by atoms with E-state index in [-0.39, 0.29) is 5.56 Å². The van der Waals surface area contributed by atoms with Crippen LogP contribution in [-0.4, -0.2) is 23.6 Å². The summed E-state index contributed by atoms with van der Waals surface area (Å²) in [6, 6.07) is 17.2. The lowest BCUT2D eigenvalue weighted by Gasteiger charge is -2.18. The van der Waals surface area contributed by atoms with Gasteiger partial charge in [-0.2, -0.15) is 0 Å². The normalized spacial score (nSPS) is 11.0. The highest BCUT2D eigenvalue weighted by Crippen LogP contribution is 2.32. The Morgan fingerprint density at radius 2 is 1.73 bits per heavy atom. The Bertz CT molecular complexity index is 1130. The van der Waals surface area contributed by atoms with Gasteiger partial charge in [0.15, 0.2) is 0 Å². The molecule has 0 unspecified atom stereocenters. The minimum atomic E-state index is -0.0757. The molecular weight excluding hydrogens is 366 g/mol. The summed E-state index contributed by atoms with van der Waals surface area (Å²) in [4.78, 5) is 19.9. The highest BCUT2D eigenvalue weighted by molar-refractivity contribution is 7.17. The molecule has 2 heterocycles.